The number of aromatic hydroxyl groups is 2. The van der Waals surface area contributed by atoms with Crippen LogP contribution in [0.25, 0.3) is 0 Å². The van der Waals surface area contributed by atoms with Crippen LogP contribution >= 0.6 is 11.8 Å². The van der Waals surface area contributed by atoms with Crippen LogP contribution in [0.4, 0.5) is 0 Å². The van der Waals surface area contributed by atoms with Gasteiger partial charge >= 0.3 is 0 Å². The summed E-state index contributed by atoms with van der Waals surface area (Å²) in [5, 5.41) is 19.6. The second-order valence-corrected chi connectivity index (χ2v) is 5.59. The molecule has 18 heavy (non-hydrogen) atoms. The number of carbonyl (C=O) groups excluding carboxylic acids is 1. The van der Waals surface area contributed by atoms with E-state index in [0.717, 1.165) is 29.9 Å². The van der Waals surface area contributed by atoms with E-state index in [2.05, 4.69) is 0 Å². The van der Waals surface area contributed by atoms with Gasteiger partial charge in [-0.15, -0.1) is 11.8 Å². The molecule has 0 saturated heterocycles. The summed E-state index contributed by atoms with van der Waals surface area (Å²) in [4.78, 5) is 11.5. The Balaban J connectivity index is 2.44. The predicted molar refractivity (Wildman–Crippen MR) is 73.3 cm³/mol. The minimum Gasteiger partial charge on any atom is -0.494 e. The van der Waals surface area contributed by atoms with Crippen LogP contribution in [0.5, 0.6) is 11.8 Å². The fourth-order valence-corrected chi connectivity index (χ4v) is 2.54. The summed E-state index contributed by atoms with van der Waals surface area (Å²) in [7, 11) is 0. The fourth-order valence-electron chi connectivity index (χ4n) is 1.80. The van der Waals surface area contributed by atoms with Gasteiger partial charge in [0.1, 0.15) is 5.78 Å². The molecule has 0 unspecified atom stereocenters. The van der Waals surface area contributed by atoms with Gasteiger partial charge < -0.3 is 15.0 Å². The summed E-state index contributed by atoms with van der Waals surface area (Å²) in [5.41, 5.74) is 0. The molecule has 0 saturated carbocycles. The Morgan fingerprint density at radius 3 is 2.67 bits per heavy atom. The number of thioether (sulfide) groups is 1. The van der Waals surface area contributed by atoms with Crippen molar-refractivity contribution in [3.8, 4) is 11.8 Å². The molecule has 0 aromatic carbocycles. The molecule has 0 aliphatic heterocycles. The molecule has 1 rings (SSSR count). The summed E-state index contributed by atoms with van der Waals surface area (Å²) < 4.78 is 1.52. The average molecular weight is 271 g/mol. The third-order valence-electron chi connectivity index (χ3n) is 2.72. The Kier molecular flexibility index (Phi) is 6.12. The molecule has 0 aliphatic rings. The normalized spacial score (nSPS) is 10.8. The molecule has 0 atom stereocenters. The molecule has 1 aromatic rings. The maximum absolute atomic E-state index is 10.8. The van der Waals surface area contributed by atoms with Crippen LogP contribution in [-0.2, 0) is 11.3 Å². The number of unbranched alkanes of at least 4 members (excludes halogenated alkanes) is 2. The van der Waals surface area contributed by atoms with Crippen molar-refractivity contribution >= 4 is 17.5 Å². The van der Waals surface area contributed by atoms with Crippen LogP contribution < -0.4 is 0 Å². The molecule has 2 N–H and O–H groups in total. The van der Waals surface area contributed by atoms with E-state index in [0.29, 0.717) is 13.0 Å². The quantitative estimate of drug-likeness (QED) is 0.563. The van der Waals surface area contributed by atoms with E-state index in [9.17, 15) is 15.0 Å². The number of nitrogens with zero attached hydrogens (tertiary/aromatic N) is 1. The van der Waals surface area contributed by atoms with E-state index in [1.54, 1.807) is 13.0 Å². The molecule has 0 aliphatic carbocycles. The van der Waals surface area contributed by atoms with Crippen LogP contribution in [0.15, 0.2) is 11.0 Å². The van der Waals surface area contributed by atoms with Crippen LogP contribution in [0.2, 0.25) is 0 Å². The lowest BCUT2D eigenvalue weighted by Gasteiger charge is -2.06. The lowest BCUT2D eigenvalue weighted by Crippen LogP contribution is -1.97. The topological polar surface area (TPSA) is 62.5 Å². The third-order valence-corrected chi connectivity index (χ3v) is 3.62. The summed E-state index contributed by atoms with van der Waals surface area (Å²) in [6, 6.07) is 1.60. The highest BCUT2D eigenvalue weighted by atomic mass is 32.2. The summed E-state index contributed by atoms with van der Waals surface area (Å²) in [6.45, 7) is 4.18. The van der Waals surface area contributed by atoms with E-state index in [4.69, 9.17) is 0 Å². The first-order valence-corrected chi connectivity index (χ1v) is 7.28. The molecule has 0 bridgehead atoms. The molecule has 0 fully saturated rings. The van der Waals surface area contributed by atoms with Crippen molar-refractivity contribution in [1.29, 1.82) is 0 Å². The van der Waals surface area contributed by atoms with Crippen molar-refractivity contribution in [2.75, 3.05) is 5.75 Å². The second kappa shape index (κ2) is 7.36. The molecular weight excluding hydrogens is 250 g/mol. The number of aromatic nitrogens is 1. The number of Topliss-reactive ketones (excluding diaryl/α,β-unsaturated/α-hetero) is 1. The largest absolute Gasteiger partial charge is 0.494 e. The van der Waals surface area contributed by atoms with Crippen LogP contribution in [-0.4, -0.2) is 26.3 Å². The Hall–Kier alpha value is -1.10. The molecule has 0 radical (unpaired) electrons. The predicted octanol–water partition coefficient (Wildman–Crippen LogP) is 3.16. The third kappa shape index (κ3) is 4.29. The minimum atomic E-state index is 0.106. The maximum Gasteiger partial charge on any atom is 0.208 e. The van der Waals surface area contributed by atoms with E-state index in [1.807, 2.05) is 6.92 Å². The number of rotatable bonds is 8. The van der Waals surface area contributed by atoms with E-state index in [1.165, 1.54) is 16.3 Å². The summed E-state index contributed by atoms with van der Waals surface area (Å²) in [5.74, 6) is 1.32. The van der Waals surface area contributed by atoms with Gasteiger partial charge in [0.2, 0.25) is 5.88 Å². The van der Waals surface area contributed by atoms with Gasteiger partial charge in [0.25, 0.3) is 0 Å². The van der Waals surface area contributed by atoms with Crippen molar-refractivity contribution in [3.63, 3.8) is 0 Å². The van der Waals surface area contributed by atoms with Gasteiger partial charge in [-0.05, 0) is 25.5 Å². The fraction of sp³-hybridized carbons (Fsp3) is 0.615. The molecule has 1 aromatic heterocycles. The Bertz CT molecular complexity index is 401. The number of ketones is 1. The van der Waals surface area contributed by atoms with Crippen molar-refractivity contribution in [2.45, 2.75) is 51.0 Å². The number of hydrogen-bond acceptors (Lipinski definition) is 4. The monoisotopic (exact) mass is 271 g/mol. The highest BCUT2D eigenvalue weighted by Crippen LogP contribution is 2.35. The highest BCUT2D eigenvalue weighted by Gasteiger charge is 2.13. The minimum absolute atomic E-state index is 0.106. The van der Waals surface area contributed by atoms with Crippen molar-refractivity contribution < 1.29 is 15.0 Å². The van der Waals surface area contributed by atoms with Crippen LogP contribution in [0.3, 0.4) is 0 Å². The standard InChI is InChI=1S/C13H21NO3S/c1-3-18-11-9-12(16)14(13(11)17)8-6-4-5-7-10(2)15/h9,16-17H,3-8H2,1-2H3. The Morgan fingerprint density at radius 1 is 1.33 bits per heavy atom. The van der Waals surface area contributed by atoms with Gasteiger partial charge in [-0.3, -0.25) is 4.57 Å². The molecule has 4 nitrogen and oxygen atoms in total. The number of hydrogen-bond donors (Lipinski definition) is 2. The Morgan fingerprint density at radius 2 is 2.06 bits per heavy atom. The lowest BCUT2D eigenvalue weighted by atomic mass is 10.1. The summed E-state index contributed by atoms with van der Waals surface area (Å²) >= 11 is 1.51. The van der Waals surface area contributed by atoms with E-state index < -0.39 is 0 Å². The van der Waals surface area contributed by atoms with Crippen molar-refractivity contribution in [2.24, 2.45) is 0 Å². The maximum atomic E-state index is 10.8. The molecule has 0 amide bonds. The lowest BCUT2D eigenvalue weighted by molar-refractivity contribution is -0.117. The highest BCUT2D eigenvalue weighted by molar-refractivity contribution is 7.99. The zero-order valence-electron chi connectivity index (χ0n) is 11.0. The molecule has 1 heterocycles. The Labute approximate surface area is 112 Å². The SMILES string of the molecule is CCSc1cc(O)n(CCCCCC(C)=O)c1O. The smallest absolute Gasteiger partial charge is 0.208 e. The zero-order valence-corrected chi connectivity index (χ0v) is 11.8. The molecule has 0 spiro atoms. The first-order valence-electron chi connectivity index (χ1n) is 6.30. The summed E-state index contributed by atoms with van der Waals surface area (Å²) in [6.07, 6.45) is 3.25. The van der Waals surface area contributed by atoms with Crippen LogP contribution in [0, 0.1) is 0 Å². The van der Waals surface area contributed by atoms with E-state index in [-0.39, 0.29) is 17.5 Å². The van der Waals surface area contributed by atoms with Gasteiger partial charge in [0, 0.05) is 19.0 Å². The first-order chi connectivity index (χ1) is 8.56. The van der Waals surface area contributed by atoms with Crippen molar-refractivity contribution in [1.82, 2.24) is 4.57 Å². The van der Waals surface area contributed by atoms with Crippen LogP contribution in [0.1, 0.15) is 39.5 Å². The second-order valence-electron chi connectivity index (χ2n) is 4.29. The average Bonchev–Trinajstić information content (AvgIpc) is 2.56. The van der Waals surface area contributed by atoms with E-state index >= 15 is 0 Å². The van der Waals surface area contributed by atoms with Gasteiger partial charge in [0.15, 0.2) is 5.88 Å². The number of carbonyl (C=O) groups is 1. The molecular formula is C13H21NO3S. The molecule has 102 valence electrons. The molecule has 5 heteroatoms. The van der Waals surface area contributed by atoms with Gasteiger partial charge in [-0.1, -0.05) is 13.3 Å². The van der Waals surface area contributed by atoms with Gasteiger partial charge in [0.05, 0.1) is 4.90 Å². The van der Waals surface area contributed by atoms with Gasteiger partial charge in [-0.25, -0.2) is 0 Å². The zero-order chi connectivity index (χ0) is 13.5. The van der Waals surface area contributed by atoms with Gasteiger partial charge in [-0.2, -0.15) is 0 Å². The van der Waals surface area contributed by atoms with Crippen molar-refractivity contribution in [3.05, 3.63) is 6.07 Å². The first kappa shape index (κ1) is 15.0.